The molecule has 2 aromatic rings. The average molecular weight is 547 g/mol. The molecule has 6 heteroatoms. The van der Waals surface area contributed by atoms with Gasteiger partial charge in [-0.3, -0.25) is 0 Å². The van der Waals surface area contributed by atoms with E-state index in [0.29, 0.717) is 46.8 Å². The van der Waals surface area contributed by atoms with E-state index < -0.39 is 0 Å². The van der Waals surface area contributed by atoms with Crippen molar-refractivity contribution in [3.05, 3.63) is 29.8 Å². The van der Waals surface area contributed by atoms with Crippen molar-refractivity contribution in [3.8, 4) is 11.4 Å². The van der Waals surface area contributed by atoms with Gasteiger partial charge in [-0.05, 0) is 138 Å². The molecule has 0 spiro atoms. The Hall–Kier alpha value is -1.79. The Morgan fingerprint density at radius 3 is 2.52 bits per heavy atom. The molecule has 13 atom stereocenters. The Morgan fingerprint density at radius 2 is 1.75 bits per heavy atom. The third-order valence-corrected chi connectivity index (χ3v) is 13.7. The highest BCUT2D eigenvalue weighted by atomic mass is 16.3. The number of H-pyrrole nitrogens is 1. The Kier molecular flexibility index (Phi) is 6.70. The van der Waals surface area contributed by atoms with Crippen molar-refractivity contribution in [2.24, 2.45) is 58.2 Å². The lowest BCUT2D eigenvalue weighted by Crippen LogP contribution is -2.62. The molecule has 5 aliphatic rings. The lowest BCUT2D eigenvalue weighted by atomic mass is 9.41. The summed E-state index contributed by atoms with van der Waals surface area (Å²) < 4.78 is 0. The summed E-state index contributed by atoms with van der Waals surface area (Å²) in [4.78, 5) is 0. The minimum atomic E-state index is -0.202. The van der Waals surface area contributed by atoms with Gasteiger partial charge in [-0.1, -0.05) is 58.4 Å². The highest BCUT2D eigenvalue weighted by molar-refractivity contribution is 5.61. The molecular formula is C34H50N4O2. The van der Waals surface area contributed by atoms with Crippen molar-refractivity contribution >= 4 is 0 Å². The second-order valence-corrected chi connectivity index (χ2v) is 15.3. The van der Waals surface area contributed by atoms with Gasteiger partial charge in [0, 0.05) is 5.56 Å². The van der Waals surface area contributed by atoms with Crippen molar-refractivity contribution in [2.75, 3.05) is 0 Å². The van der Waals surface area contributed by atoms with Crippen molar-refractivity contribution in [3.63, 3.8) is 0 Å². The Morgan fingerprint density at radius 1 is 0.975 bits per heavy atom. The Bertz CT molecular complexity index is 1200. The van der Waals surface area contributed by atoms with Crippen molar-refractivity contribution in [1.29, 1.82) is 0 Å². The van der Waals surface area contributed by atoms with E-state index >= 15 is 0 Å². The third-order valence-electron chi connectivity index (χ3n) is 13.7. The van der Waals surface area contributed by atoms with Gasteiger partial charge in [0.05, 0.1) is 12.2 Å². The zero-order valence-corrected chi connectivity index (χ0v) is 25.0. The lowest BCUT2D eigenvalue weighted by Gasteiger charge is -2.64. The molecule has 0 bridgehead atoms. The van der Waals surface area contributed by atoms with E-state index in [-0.39, 0.29) is 17.6 Å². The Balaban J connectivity index is 1.08. The predicted molar refractivity (Wildman–Crippen MR) is 156 cm³/mol. The van der Waals surface area contributed by atoms with E-state index in [0.717, 1.165) is 48.9 Å². The van der Waals surface area contributed by atoms with Gasteiger partial charge in [0.15, 0.2) is 5.82 Å². The van der Waals surface area contributed by atoms with E-state index in [9.17, 15) is 10.2 Å². The third kappa shape index (κ3) is 4.06. The molecule has 0 aliphatic heterocycles. The van der Waals surface area contributed by atoms with Gasteiger partial charge >= 0.3 is 0 Å². The zero-order chi connectivity index (χ0) is 27.8. The van der Waals surface area contributed by atoms with Crippen LogP contribution in [0, 0.1) is 58.2 Å². The van der Waals surface area contributed by atoms with Crippen LogP contribution in [0.1, 0.15) is 103 Å². The summed E-state index contributed by atoms with van der Waals surface area (Å²) >= 11 is 0. The number of aromatic amines is 1. The fourth-order valence-electron chi connectivity index (χ4n) is 11.8. The van der Waals surface area contributed by atoms with Crippen LogP contribution in [0.4, 0.5) is 0 Å². The summed E-state index contributed by atoms with van der Waals surface area (Å²) in [5.74, 6) is 6.08. The number of hydrogen-bond donors (Lipinski definition) is 3. The second-order valence-electron chi connectivity index (χ2n) is 15.3. The van der Waals surface area contributed by atoms with E-state index in [2.05, 4.69) is 72.6 Å². The quantitative estimate of drug-likeness (QED) is 0.378. The largest absolute Gasteiger partial charge is 0.393 e. The minimum absolute atomic E-state index is 0.174. The molecule has 1 aromatic heterocycles. The maximum atomic E-state index is 12.0. The van der Waals surface area contributed by atoms with Crippen LogP contribution in [-0.2, 0) is 0 Å². The summed E-state index contributed by atoms with van der Waals surface area (Å²) in [5, 5.41) is 37.4. The molecule has 3 N–H and O–H groups in total. The van der Waals surface area contributed by atoms with Crippen LogP contribution in [-0.4, -0.2) is 43.0 Å². The number of rotatable bonds is 6. The van der Waals surface area contributed by atoms with Crippen molar-refractivity contribution < 1.29 is 10.2 Å². The van der Waals surface area contributed by atoms with Crippen LogP contribution in [0.2, 0.25) is 0 Å². The van der Waals surface area contributed by atoms with Crippen LogP contribution in [0.3, 0.4) is 0 Å². The first-order chi connectivity index (χ1) is 19.3. The van der Waals surface area contributed by atoms with Gasteiger partial charge in [0.2, 0.25) is 0 Å². The van der Waals surface area contributed by atoms with Gasteiger partial charge in [0.1, 0.15) is 0 Å². The first kappa shape index (κ1) is 27.1. The number of hydrogen-bond acceptors (Lipinski definition) is 5. The lowest BCUT2D eigenvalue weighted by molar-refractivity contribution is -0.203. The fraction of sp³-hybridized carbons (Fsp3) is 0.794. The summed E-state index contributed by atoms with van der Waals surface area (Å²) in [5.41, 5.74) is 3.16. The van der Waals surface area contributed by atoms with E-state index in [1.807, 2.05) is 0 Å². The maximum Gasteiger partial charge on any atom is 0.179 e. The zero-order valence-electron chi connectivity index (χ0n) is 25.0. The molecule has 0 radical (unpaired) electrons. The van der Waals surface area contributed by atoms with E-state index in [1.54, 1.807) is 0 Å². The molecule has 0 amide bonds. The van der Waals surface area contributed by atoms with Crippen LogP contribution >= 0.6 is 0 Å². The van der Waals surface area contributed by atoms with Crippen molar-refractivity contribution in [1.82, 2.24) is 20.6 Å². The van der Waals surface area contributed by atoms with Gasteiger partial charge in [-0.15, -0.1) is 5.10 Å². The maximum absolute atomic E-state index is 12.0. The SMILES string of the molecule is CC[C@H]1[C@@H](O)C2C3CC[C@H]([C@H](C)CC4CC4c4ccccc4-c4nnn[nH]4)[C@@]3(C)CCC2[C@@]2(C)CC[C@@H](O)C[C@@H]12. The molecule has 5 aliphatic carbocycles. The second kappa shape index (κ2) is 9.90. The summed E-state index contributed by atoms with van der Waals surface area (Å²) in [7, 11) is 0. The van der Waals surface area contributed by atoms with Gasteiger partial charge in [-0.2, -0.15) is 0 Å². The smallest absolute Gasteiger partial charge is 0.179 e. The molecule has 218 valence electrons. The molecule has 1 heterocycles. The predicted octanol–water partition coefficient (Wildman–Crippen LogP) is 6.62. The highest BCUT2D eigenvalue weighted by Gasteiger charge is 2.65. The summed E-state index contributed by atoms with van der Waals surface area (Å²) in [6.45, 7) is 9.98. The molecule has 0 saturated heterocycles. The number of nitrogens with zero attached hydrogens (tertiary/aromatic N) is 3. The normalized spacial score (nSPS) is 46.8. The van der Waals surface area contributed by atoms with Crippen LogP contribution in [0.5, 0.6) is 0 Å². The first-order valence-electron chi connectivity index (χ1n) is 16.4. The number of fused-ring (bicyclic) bond motifs is 5. The first-order valence-corrected chi connectivity index (χ1v) is 16.4. The Labute approximate surface area is 240 Å². The number of benzene rings is 1. The molecule has 5 saturated carbocycles. The topological polar surface area (TPSA) is 94.9 Å². The van der Waals surface area contributed by atoms with Gasteiger partial charge in [0.25, 0.3) is 0 Å². The molecule has 5 unspecified atom stereocenters. The molecule has 40 heavy (non-hydrogen) atoms. The fourth-order valence-corrected chi connectivity index (χ4v) is 11.8. The van der Waals surface area contributed by atoms with Gasteiger partial charge in [-0.25, -0.2) is 5.10 Å². The highest BCUT2D eigenvalue weighted by Crippen LogP contribution is 2.70. The molecule has 5 fully saturated rings. The van der Waals surface area contributed by atoms with E-state index in [1.165, 1.54) is 44.1 Å². The van der Waals surface area contributed by atoms with Crippen LogP contribution < -0.4 is 0 Å². The average Bonchev–Trinajstić information content (AvgIpc) is 3.31. The molecule has 1 aromatic carbocycles. The monoisotopic (exact) mass is 546 g/mol. The number of nitrogens with one attached hydrogen (secondary N) is 1. The standard InChI is InChI=1S/C34H50N4O2/c1-5-22-29-18-21(39)12-14-34(29,4)28-13-15-33(3)26(10-11-27(33)30(28)31(22)40)19(2)16-20-17-25(20)23-8-6-7-9-24(23)32-35-37-38-36-32/h6-9,19-22,25-31,39-40H,5,10-18H2,1-4H3,(H,35,36,37,38)/t19-,20?,21-,22-,25?,26-,27?,28?,29+,30?,31-,33-,34-/m1/s1. The molecular weight excluding hydrogens is 496 g/mol. The number of aliphatic hydroxyl groups is 2. The summed E-state index contributed by atoms with van der Waals surface area (Å²) in [6.07, 6.45) is 11.4. The van der Waals surface area contributed by atoms with Gasteiger partial charge < -0.3 is 10.2 Å². The summed E-state index contributed by atoms with van der Waals surface area (Å²) in [6, 6.07) is 8.65. The van der Waals surface area contributed by atoms with Crippen LogP contribution in [0.25, 0.3) is 11.4 Å². The molecule has 7 rings (SSSR count). The van der Waals surface area contributed by atoms with Crippen molar-refractivity contribution in [2.45, 2.75) is 110 Å². The van der Waals surface area contributed by atoms with E-state index in [4.69, 9.17) is 0 Å². The minimum Gasteiger partial charge on any atom is -0.393 e. The molecule has 6 nitrogen and oxygen atoms in total. The van der Waals surface area contributed by atoms with Crippen LogP contribution in [0.15, 0.2) is 24.3 Å². The number of aromatic nitrogens is 4. The number of tetrazole rings is 1. The number of aliphatic hydroxyl groups excluding tert-OH is 2.